The quantitative estimate of drug-likeness (QED) is 0.113. The molecule has 0 N–H and O–H groups in total. The number of para-hydroxylation sites is 8. The Labute approximate surface area is 608 Å². The van der Waals surface area contributed by atoms with E-state index in [0.29, 0.717) is 0 Å². The number of benzene rings is 16. The third-order valence-electron chi connectivity index (χ3n) is 20.8. The molecule has 0 radical (unpaired) electrons. The van der Waals surface area contributed by atoms with Gasteiger partial charge in [-0.05, 0) is 213 Å². The normalized spacial score (nSPS) is 12.5. The van der Waals surface area contributed by atoms with Crippen molar-refractivity contribution < 1.29 is 0 Å². The summed E-state index contributed by atoms with van der Waals surface area (Å²) >= 11 is 0. The first-order valence-corrected chi connectivity index (χ1v) is 35.8. The maximum atomic E-state index is 2.47. The zero-order chi connectivity index (χ0) is 68.9. The lowest BCUT2D eigenvalue weighted by Crippen LogP contribution is -2.61. The average molecular weight is 1330 g/mol. The Morgan fingerprint density at radius 1 is 0.163 bits per heavy atom. The van der Waals surface area contributed by atoms with E-state index in [2.05, 4.69) is 442 Å². The summed E-state index contributed by atoms with van der Waals surface area (Å²) in [6, 6.07) is 149. The predicted molar refractivity (Wildman–Crippen MR) is 441 cm³/mol. The highest BCUT2D eigenvalue weighted by atomic mass is 15.2. The third-order valence-corrected chi connectivity index (χ3v) is 20.8. The van der Waals surface area contributed by atoms with Gasteiger partial charge in [-0.25, -0.2) is 0 Å². The number of anilines is 18. The molecule has 0 fully saturated rings. The Balaban J connectivity index is 0.000000148. The molecule has 0 atom stereocenters. The highest BCUT2D eigenvalue weighted by Gasteiger charge is 2.45. The summed E-state index contributed by atoms with van der Waals surface area (Å²) in [6.45, 7) is 0.144. The van der Waals surface area contributed by atoms with E-state index >= 15 is 0 Å². The molecule has 0 saturated heterocycles. The number of hydrogen-bond donors (Lipinski definition) is 0. The topological polar surface area (TPSA) is 19.4 Å². The molecular weight excluding hydrogens is 1260 g/mol. The van der Waals surface area contributed by atoms with E-state index < -0.39 is 0 Å². The third kappa shape index (κ3) is 10.8. The molecule has 4 heterocycles. The molecule has 104 heavy (non-hydrogen) atoms. The van der Waals surface area contributed by atoms with Gasteiger partial charge in [0.2, 0.25) is 0 Å². The standard InChI is InChI=1S/C54H39BN4.C42H29BN2/c1-6-20-40(21-7-1)56(41-22-8-2-9-23-41)45-30-18-31-46(38-45)57(42-24-10-3-11-25-42)47-36-37-49-53(39-47)59(44-28-14-5-15-29-44)52-35-19-34-51-54(52)55(49)48-32-16-17-33-50(48)58(51)43-26-12-4-13-27-43;1-4-13-30(14-5-1)32-23-26-35(27-24-32)45-39-28-25-33(31-15-6-2-7-16-31)29-37(39)43-36-19-10-11-20-38(36)44(34-17-8-3-9-18-34)40-21-12-22-41(45)42(40)43/h1-39H;1-29H. The Kier molecular flexibility index (Phi) is 15.7. The monoisotopic (exact) mass is 1330 g/mol. The van der Waals surface area contributed by atoms with E-state index in [1.165, 1.54) is 106 Å². The van der Waals surface area contributed by atoms with Crippen LogP contribution in [0.5, 0.6) is 0 Å². The lowest BCUT2D eigenvalue weighted by Gasteiger charge is -2.44. The molecule has 0 saturated carbocycles. The van der Waals surface area contributed by atoms with Gasteiger partial charge < -0.3 is 29.4 Å². The molecule has 8 heteroatoms. The number of hydrogen-bond acceptors (Lipinski definition) is 6. The number of fused-ring (bicyclic) bond motifs is 8. The van der Waals surface area contributed by atoms with Gasteiger partial charge in [0.15, 0.2) is 0 Å². The van der Waals surface area contributed by atoms with Crippen LogP contribution in [0.2, 0.25) is 0 Å². The summed E-state index contributed by atoms with van der Waals surface area (Å²) in [5.74, 6) is 0. The van der Waals surface area contributed by atoms with Crippen LogP contribution in [0.25, 0.3) is 22.3 Å². The summed E-state index contributed by atoms with van der Waals surface area (Å²) in [5.41, 5.74) is 33.6. The van der Waals surface area contributed by atoms with Crippen LogP contribution in [-0.4, -0.2) is 13.4 Å². The largest absolute Gasteiger partial charge is 0.311 e. The van der Waals surface area contributed by atoms with Gasteiger partial charge in [0.1, 0.15) is 0 Å². The van der Waals surface area contributed by atoms with Gasteiger partial charge in [0, 0.05) is 102 Å². The summed E-state index contributed by atoms with van der Waals surface area (Å²) in [5, 5.41) is 0. The number of nitrogens with zero attached hydrogens (tertiary/aromatic N) is 6. The first-order valence-electron chi connectivity index (χ1n) is 35.8. The molecule has 0 bridgehead atoms. The van der Waals surface area contributed by atoms with Crippen molar-refractivity contribution in [3.8, 4) is 22.3 Å². The van der Waals surface area contributed by atoms with Gasteiger partial charge in [-0.3, -0.25) is 0 Å². The minimum atomic E-state index is 0.0418. The highest BCUT2D eigenvalue weighted by Crippen LogP contribution is 2.49. The molecule has 0 aliphatic carbocycles. The molecule has 6 nitrogen and oxygen atoms in total. The van der Waals surface area contributed by atoms with E-state index in [1.54, 1.807) is 0 Å². The minimum Gasteiger partial charge on any atom is -0.311 e. The molecule has 0 spiro atoms. The Hall–Kier alpha value is -13.6. The van der Waals surface area contributed by atoms with Crippen molar-refractivity contribution in [1.29, 1.82) is 0 Å². The summed E-state index contributed by atoms with van der Waals surface area (Å²) in [4.78, 5) is 14.5. The van der Waals surface area contributed by atoms with Gasteiger partial charge in [0.25, 0.3) is 13.4 Å². The lowest BCUT2D eigenvalue weighted by atomic mass is 9.33. The van der Waals surface area contributed by atoms with Crippen LogP contribution in [0.4, 0.5) is 102 Å². The van der Waals surface area contributed by atoms with Crippen molar-refractivity contribution in [3.05, 3.63) is 413 Å². The Morgan fingerprint density at radius 2 is 0.452 bits per heavy atom. The van der Waals surface area contributed by atoms with Gasteiger partial charge in [-0.2, -0.15) is 0 Å². The van der Waals surface area contributed by atoms with Crippen LogP contribution in [0.1, 0.15) is 0 Å². The Morgan fingerprint density at radius 3 is 0.904 bits per heavy atom. The molecular formula is C96H68B2N6. The maximum absolute atomic E-state index is 2.47. The molecule has 0 aromatic heterocycles. The summed E-state index contributed by atoms with van der Waals surface area (Å²) in [6.07, 6.45) is 0. The molecule has 4 aliphatic rings. The molecule has 20 rings (SSSR count). The molecule has 4 aliphatic heterocycles. The fourth-order valence-electron chi connectivity index (χ4n) is 16.4. The van der Waals surface area contributed by atoms with Crippen LogP contribution < -0.4 is 62.2 Å². The van der Waals surface area contributed by atoms with Crippen molar-refractivity contribution in [2.24, 2.45) is 0 Å². The fraction of sp³-hybridized carbons (Fsp3) is 0. The highest BCUT2D eigenvalue weighted by molar-refractivity contribution is 7.01. The van der Waals surface area contributed by atoms with Crippen molar-refractivity contribution >= 4 is 149 Å². The van der Waals surface area contributed by atoms with E-state index in [9.17, 15) is 0 Å². The van der Waals surface area contributed by atoms with E-state index in [1.807, 2.05) is 0 Å². The average Bonchev–Trinajstić information content (AvgIpc) is 0.707. The zero-order valence-corrected chi connectivity index (χ0v) is 57.1. The van der Waals surface area contributed by atoms with Gasteiger partial charge in [-0.15, -0.1) is 0 Å². The lowest BCUT2D eigenvalue weighted by molar-refractivity contribution is 1.23. The van der Waals surface area contributed by atoms with Crippen molar-refractivity contribution in [1.82, 2.24) is 0 Å². The second kappa shape index (κ2) is 26.5. The summed E-state index contributed by atoms with van der Waals surface area (Å²) in [7, 11) is 0. The van der Waals surface area contributed by atoms with Crippen molar-refractivity contribution in [2.75, 3.05) is 29.4 Å². The van der Waals surface area contributed by atoms with Crippen LogP contribution in [0.15, 0.2) is 413 Å². The fourth-order valence-corrected chi connectivity index (χ4v) is 16.4. The van der Waals surface area contributed by atoms with Crippen LogP contribution >= 0.6 is 0 Å². The second-order valence-electron chi connectivity index (χ2n) is 26.7. The minimum absolute atomic E-state index is 0.0418. The van der Waals surface area contributed by atoms with Crippen LogP contribution in [-0.2, 0) is 0 Å². The smallest absolute Gasteiger partial charge is 0.252 e. The predicted octanol–water partition coefficient (Wildman–Crippen LogP) is 21.8. The van der Waals surface area contributed by atoms with Crippen molar-refractivity contribution in [3.63, 3.8) is 0 Å². The second-order valence-corrected chi connectivity index (χ2v) is 26.7. The molecule has 16 aromatic carbocycles. The van der Waals surface area contributed by atoms with E-state index in [4.69, 9.17) is 0 Å². The first-order chi connectivity index (χ1) is 51.7. The molecule has 488 valence electrons. The first kappa shape index (κ1) is 61.5. The summed E-state index contributed by atoms with van der Waals surface area (Å²) < 4.78 is 0. The number of rotatable bonds is 12. The van der Waals surface area contributed by atoms with E-state index in [-0.39, 0.29) is 13.4 Å². The van der Waals surface area contributed by atoms with Crippen LogP contribution in [0.3, 0.4) is 0 Å². The maximum Gasteiger partial charge on any atom is 0.252 e. The Bertz CT molecular complexity index is 5740. The zero-order valence-electron chi connectivity index (χ0n) is 57.1. The van der Waals surface area contributed by atoms with Crippen molar-refractivity contribution in [2.45, 2.75) is 0 Å². The van der Waals surface area contributed by atoms with Gasteiger partial charge in [-0.1, -0.05) is 255 Å². The van der Waals surface area contributed by atoms with E-state index in [0.717, 1.165) is 51.2 Å². The SMILES string of the molecule is c1ccc(-c2ccc(N3c4ccc(-c5ccccc5)cc4B4c5ccccc5N(c5ccccc5)c5cccc3c54)cc2)cc1.c1ccc(N(c2ccccc2)c2cccc(N(c3ccccc3)c3ccc4c(c3)N(c3ccccc3)c3cccc5c3B4c3ccccc3N5c3ccccc3)c2)cc1. The van der Waals surface area contributed by atoms with Gasteiger partial charge in [0.05, 0.1) is 0 Å². The van der Waals surface area contributed by atoms with Crippen LogP contribution in [0, 0.1) is 0 Å². The molecule has 0 amide bonds. The molecule has 16 aromatic rings. The molecule has 0 unspecified atom stereocenters. The van der Waals surface area contributed by atoms with Gasteiger partial charge >= 0.3 is 0 Å².